The molecule has 0 aliphatic carbocycles. The van der Waals surface area contributed by atoms with Crippen molar-refractivity contribution in [1.29, 1.82) is 0 Å². The highest BCUT2D eigenvalue weighted by Gasteiger charge is 2.28. The molecule has 0 radical (unpaired) electrons. The maximum atomic E-state index is 12.7. The number of hydrogen-bond donors (Lipinski definition) is 2. The number of rotatable bonds is 7. The van der Waals surface area contributed by atoms with Crippen LogP contribution in [0.1, 0.15) is 29.8 Å². The van der Waals surface area contributed by atoms with Crippen molar-refractivity contribution in [2.24, 2.45) is 0 Å². The van der Waals surface area contributed by atoms with Crippen LogP contribution in [0.3, 0.4) is 0 Å². The number of aliphatic carboxylic acids is 1. The average Bonchev–Trinajstić information content (AvgIpc) is 2.50. The van der Waals surface area contributed by atoms with Crippen molar-refractivity contribution in [3.8, 4) is 0 Å². The highest BCUT2D eigenvalue weighted by molar-refractivity contribution is 5.98. The molecule has 0 saturated heterocycles. The number of nitrogens with one attached hydrogen (secondary N) is 1. The predicted molar refractivity (Wildman–Crippen MR) is 84.7 cm³/mol. The molecule has 1 atom stereocenters. The number of carboxylic acid groups (broad SMARTS) is 1. The average molecular weight is 337 g/mol. The summed E-state index contributed by atoms with van der Waals surface area (Å²) in [6, 6.07) is 2.68. The Morgan fingerprint density at radius 3 is 2.50 bits per heavy atom. The SMILES string of the molecule is CC(=O)NCCN(C(=O)c1cc([N+](=O)[O-])ccc1C)C(C)C(=O)O. The number of carbonyl (C=O) groups is 3. The zero-order chi connectivity index (χ0) is 18.4. The van der Waals surface area contributed by atoms with Gasteiger partial charge in [-0.05, 0) is 19.4 Å². The third kappa shape index (κ3) is 4.77. The van der Waals surface area contributed by atoms with E-state index in [1.54, 1.807) is 6.92 Å². The second-order valence-corrected chi connectivity index (χ2v) is 5.25. The number of nitrogens with zero attached hydrogens (tertiary/aromatic N) is 2. The third-order valence-electron chi connectivity index (χ3n) is 3.47. The number of benzene rings is 1. The molecule has 9 heteroatoms. The van der Waals surface area contributed by atoms with Crippen LogP contribution in [-0.4, -0.2) is 51.8 Å². The Hall–Kier alpha value is -2.97. The van der Waals surface area contributed by atoms with Gasteiger partial charge in [-0.2, -0.15) is 0 Å². The zero-order valence-electron chi connectivity index (χ0n) is 13.6. The Morgan fingerprint density at radius 2 is 2.00 bits per heavy atom. The second kappa shape index (κ2) is 8.04. The number of carbonyl (C=O) groups excluding carboxylic acids is 2. The normalized spacial score (nSPS) is 11.5. The van der Waals surface area contributed by atoms with E-state index in [9.17, 15) is 29.6 Å². The number of non-ortho nitro benzene ring substituents is 1. The van der Waals surface area contributed by atoms with E-state index in [1.165, 1.54) is 26.0 Å². The lowest BCUT2D eigenvalue weighted by atomic mass is 10.1. The summed E-state index contributed by atoms with van der Waals surface area (Å²) < 4.78 is 0. The van der Waals surface area contributed by atoms with Gasteiger partial charge in [0, 0.05) is 37.7 Å². The van der Waals surface area contributed by atoms with Crippen molar-refractivity contribution in [2.45, 2.75) is 26.8 Å². The van der Waals surface area contributed by atoms with Crippen molar-refractivity contribution in [3.05, 3.63) is 39.4 Å². The lowest BCUT2D eigenvalue weighted by molar-refractivity contribution is -0.384. The van der Waals surface area contributed by atoms with E-state index < -0.39 is 22.8 Å². The topological polar surface area (TPSA) is 130 Å². The summed E-state index contributed by atoms with van der Waals surface area (Å²) >= 11 is 0. The zero-order valence-corrected chi connectivity index (χ0v) is 13.6. The molecule has 0 aromatic heterocycles. The molecule has 0 fully saturated rings. The first-order valence-electron chi connectivity index (χ1n) is 7.18. The van der Waals surface area contributed by atoms with E-state index in [4.69, 9.17) is 0 Å². The summed E-state index contributed by atoms with van der Waals surface area (Å²) in [5, 5.41) is 22.6. The fourth-order valence-corrected chi connectivity index (χ4v) is 2.07. The molecule has 0 aliphatic rings. The van der Waals surface area contributed by atoms with Crippen LogP contribution >= 0.6 is 0 Å². The van der Waals surface area contributed by atoms with Gasteiger partial charge in [-0.1, -0.05) is 6.07 Å². The first-order valence-corrected chi connectivity index (χ1v) is 7.18. The fraction of sp³-hybridized carbons (Fsp3) is 0.400. The Kier molecular flexibility index (Phi) is 6.39. The lowest BCUT2D eigenvalue weighted by Crippen LogP contribution is -2.46. The summed E-state index contributed by atoms with van der Waals surface area (Å²) in [7, 11) is 0. The van der Waals surface area contributed by atoms with Crippen LogP contribution in [0.25, 0.3) is 0 Å². The van der Waals surface area contributed by atoms with Crippen LogP contribution in [0.5, 0.6) is 0 Å². The first kappa shape index (κ1) is 19.1. The minimum atomic E-state index is -1.21. The van der Waals surface area contributed by atoms with E-state index in [1.807, 2.05) is 0 Å². The Bertz CT molecular complexity index is 673. The smallest absolute Gasteiger partial charge is 0.326 e. The molecule has 1 unspecified atom stereocenters. The molecule has 130 valence electrons. The van der Waals surface area contributed by atoms with Crippen LogP contribution in [0.15, 0.2) is 18.2 Å². The van der Waals surface area contributed by atoms with Crippen LogP contribution in [0.2, 0.25) is 0 Å². The minimum Gasteiger partial charge on any atom is -0.480 e. The molecule has 0 bridgehead atoms. The van der Waals surface area contributed by atoms with E-state index in [2.05, 4.69) is 5.32 Å². The Labute approximate surface area is 138 Å². The fourth-order valence-electron chi connectivity index (χ4n) is 2.07. The molecule has 2 N–H and O–H groups in total. The molecular weight excluding hydrogens is 318 g/mol. The van der Waals surface area contributed by atoms with E-state index in [0.29, 0.717) is 5.56 Å². The third-order valence-corrected chi connectivity index (χ3v) is 3.47. The van der Waals surface area contributed by atoms with Crippen LogP contribution in [-0.2, 0) is 9.59 Å². The molecule has 0 saturated carbocycles. The van der Waals surface area contributed by atoms with Crippen molar-refractivity contribution in [2.75, 3.05) is 13.1 Å². The van der Waals surface area contributed by atoms with Gasteiger partial charge in [0.25, 0.3) is 11.6 Å². The molecule has 2 amide bonds. The summed E-state index contributed by atoms with van der Waals surface area (Å²) in [6.07, 6.45) is 0. The maximum Gasteiger partial charge on any atom is 0.326 e. The van der Waals surface area contributed by atoms with Crippen LogP contribution in [0.4, 0.5) is 5.69 Å². The maximum absolute atomic E-state index is 12.7. The van der Waals surface area contributed by atoms with Gasteiger partial charge in [-0.15, -0.1) is 0 Å². The number of nitro benzene ring substituents is 1. The quantitative estimate of drug-likeness (QED) is 0.563. The largest absolute Gasteiger partial charge is 0.480 e. The van der Waals surface area contributed by atoms with Gasteiger partial charge < -0.3 is 15.3 Å². The molecule has 9 nitrogen and oxygen atoms in total. The van der Waals surface area contributed by atoms with Gasteiger partial charge >= 0.3 is 5.97 Å². The molecule has 0 aliphatic heterocycles. The van der Waals surface area contributed by atoms with Crippen molar-refractivity contribution in [3.63, 3.8) is 0 Å². The summed E-state index contributed by atoms with van der Waals surface area (Å²) in [4.78, 5) is 46.2. The van der Waals surface area contributed by atoms with Crippen molar-refractivity contribution >= 4 is 23.5 Å². The molecule has 1 aromatic rings. The summed E-state index contributed by atoms with van der Waals surface area (Å²) in [5.41, 5.74) is 0.293. The van der Waals surface area contributed by atoms with Crippen molar-refractivity contribution < 1.29 is 24.4 Å². The van der Waals surface area contributed by atoms with Gasteiger partial charge in [0.15, 0.2) is 0 Å². The minimum absolute atomic E-state index is 0.0337. The second-order valence-electron chi connectivity index (χ2n) is 5.25. The molecule has 1 aromatic carbocycles. The Balaban J connectivity index is 3.15. The van der Waals surface area contributed by atoms with Gasteiger partial charge in [0.1, 0.15) is 6.04 Å². The number of aryl methyl sites for hydroxylation is 1. The van der Waals surface area contributed by atoms with E-state index in [-0.39, 0.29) is 30.2 Å². The standard InChI is InChI=1S/C15H19N3O6/c1-9-4-5-12(18(23)24)8-13(9)14(20)17(10(2)15(21)22)7-6-16-11(3)19/h4-5,8,10H,6-7H2,1-3H3,(H,16,19)(H,21,22). The monoisotopic (exact) mass is 337 g/mol. The summed E-state index contributed by atoms with van der Waals surface area (Å²) in [5.74, 6) is -2.16. The Morgan fingerprint density at radius 1 is 1.38 bits per heavy atom. The molecule has 1 rings (SSSR count). The first-order chi connectivity index (χ1) is 11.1. The van der Waals surface area contributed by atoms with E-state index >= 15 is 0 Å². The summed E-state index contributed by atoms with van der Waals surface area (Å²) in [6.45, 7) is 4.28. The van der Waals surface area contributed by atoms with Gasteiger partial charge in [0.05, 0.1) is 4.92 Å². The molecule has 0 spiro atoms. The number of nitro groups is 1. The van der Waals surface area contributed by atoms with E-state index in [0.717, 1.165) is 11.0 Å². The van der Waals surface area contributed by atoms with Gasteiger partial charge in [-0.3, -0.25) is 19.7 Å². The lowest BCUT2D eigenvalue weighted by Gasteiger charge is -2.27. The highest BCUT2D eigenvalue weighted by atomic mass is 16.6. The molecule has 24 heavy (non-hydrogen) atoms. The number of amides is 2. The molecular formula is C15H19N3O6. The highest BCUT2D eigenvalue weighted by Crippen LogP contribution is 2.20. The molecule has 0 heterocycles. The number of carboxylic acids is 1. The van der Waals surface area contributed by atoms with Gasteiger partial charge in [0.2, 0.25) is 5.91 Å². The van der Waals surface area contributed by atoms with Crippen LogP contribution < -0.4 is 5.32 Å². The van der Waals surface area contributed by atoms with Crippen molar-refractivity contribution in [1.82, 2.24) is 10.2 Å². The van der Waals surface area contributed by atoms with Crippen LogP contribution in [0, 0.1) is 17.0 Å². The number of hydrogen-bond acceptors (Lipinski definition) is 5. The predicted octanol–water partition coefficient (Wildman–Crippen LogP) is 0.955. The van der Waals surface area contributed by atoms with Gasteiger partial charge in [-0.25, -0.2) is 4.79 Å².